The Bertz CT molecular complexity index is 545. The van der Waals surface area contributed by atoms with E-state index in [4.69, 9.17) is 4.74 Å². The molecule has 6 heteroatoms. The lowest BCUT2D eigenvalue weighted by molar-refractivity contribution is 0.107. The van der Waals surface area contributed by atoms with Crippen molar-refractivity contribution in [3.8, 4) is 0 Å². The van der Waals surface area contributed by atoms with Gasteiger partial charge in [0.1, 0.15) is 0 Å². The van der Waals surface area contributed by atoms with Gasteiger partial charge >= 0.3 is 0 Å². The molecule has 112 valence electrons. The number of hydrogen-bond acceptors (Lipinski definition) is 4. The summed E-state index contributed by atoms with van der Waals surface area (Å²) in [7, 11) is -0.000789. The third kappa shape index (κ3) is 3.58. The van der Waals surface area contributed by atoms with E-state index in [2.05, 4.69) is 10.0 Å². The Hall–Kier alpha value is -0.950. The highest BCUT2D eigenvalue weighted by atomic mass is 32.2. The van der Waals surface area contributed by atoms with E-state index in [1.54, 1.807) is 26.3 Å². The van der Waals surface area contributed by atoms with Crippen LogP contribution < -0.4 is 10.0 Å². The van der Waals surface area contributed by atoms with Gasteiger partial charge in [0.05, 0.1) is 11.0 Å². The Morgan fingerprint density at radius 3 is 2.70 bits per heavy atom. The average Bonchev–Trinajstić information content (AvgIpc) is 2.86. The molecular weight excluding hydrogens is 276 g/mol. The van der Waals surface area contributed by atoms with E-state index in [1.807, 2.05) is 12.1 Å². The fourth-order valence-electron chi connectivity index (χ4n) is 2.65. The molecule has 0 saturated heterocycles. The molecule has 1 aromatic carbocycles. The molecule has 0 radical (unpaired) electrons. The lowest BCUT2D eigenvalue weighted by atomic mass is 10.2. The summed E-state index contributed by atoms with van der Waals surface area (Å²) >= 11 is 0. The first kappa shape index (κ1) is 15.4. The minimum atomic E-state index is -3.47. The van der Waals surface area contributed by atoms with E-state index in [0.717, 1.165) is 24.8 Å². The van der Waals surface area contributed by atoms with Gasteiger partial charge in [-0.25, -0.2) is 13.1 Å². The fraction of sp³-hybridized carbons (Fsp3) is 0.571. The summed E-state index contributed by atoms with van der Waals surface area (Å²) in [6, 6.07) is 7.05. The van der Waals surface area contributed by atoms with Crippen LogP contribution in [-0.4, -0.2) is 34.7 Å². The van der Waals surface area contributed by atoms with Crippen LogP contribution in [0.1, 0.15) is 24.8 Å². The van der Waals surface area contributed by atoms with E-state index >= 15 is 0 Å². The van der Waals surface area contributed by atoms with Gasteiger partial charge in [0, 0.05) is 19.7 Å². The molecule has 2 atom stereocenters. The van der Waals surface area contributed by atoms with Crippen LogP contribution in [0.2, 0.25) is 0 Å². The summed E-state index contributed by atoms with van der Waals surface area (Å²) in [5.74, 6) is 0. The van der Waals surface area contributed by atoms with E-state index < -0.39 is 10.0 Å². The van der Waals surface area contributed by atoms with Crippen LogP contribution in [0, 0.1) is 0 Å². The van der Waals surface area contributed by atoms with Gasteiger partial charge in [-0.05, 0) is 37.9 Å². The van der Waals surface area contributed by atoms with Crippen molar-refractivity contribution in [2.75, 3.05) is 14.2 Å². The summed E-state index contributed by atoms with van der Waals surface area (Å²) < 4.78 is 33.1. The maximum absolute atomic E-state index is 12.5. The predicted molar refractivity (Wildman–Crippen MR) is 78.0 cm³/mol. The SMILES string of the molecule is CNCc1ccccc1S(=O)(=O)NC1CCC(OC)C1. The van der Waals surface area contributed by atoms with Crippen LogP contribution in [0.5, 0.6) is 0 Å². The maximum Gasteiger partial charge on any atom is 0.241 e. The first-order valence-electron chi connectivity index (χ1n) is 6.84. The minimum absolute atomic E-state index is 0.0346. The third-order valence-corrected chi connectivity index (χ3v) is 5.29. The van der Waals surface area contributed by atoms with Gasteiger partial charge in [0.15, 0.2) is 0 Å². The lowest BCUT2D eigenvalue weighted by Crippen LogP contribution is -2.34. The monoisotopic (exact) mass is 298 g/mol. The molecule has 1 aliphatic carbocycles. The van der Waals surface area contributed by atoms with Crippen molar-refractivity contribution in [1.82, 2.24) is 10.0 Å². The highest BCUT2D eigenvalue weighted by Gasteiger charge is 2.29. The second kappa shape index (κ2) is 6.67. The zero-order valence-electron chi connectivity index (χ0n) is 11.9. The summed E-state index contributed by atoms with van der Waals surface area (Å²) in [6.07, 6.45) is 2.63. The Labute approximate surface area is 120 Å². The molecule has 1 aliphatic rings. The smallest absolute Gasteiger partial charge is 0.241 e. The van der Waals surface area contributed by atoms with Crippen LogP contribution in [-0.2, 0) is 21.3 Å². The lowest BCUT2D eigenvalue weighted by Gasteiger charge is -2.15. The van der Waals surface area contributed by atoms with Gasteiger partial charge in [0.25, 0.3) is 0 Å². The topological polar surface area (TPSA) is 67.4 Å². The Kier molecular flexibility index (Phi) is 5.15. The number of ether oxygens (including phenoxy) is 1. The first-order chi connectivity index (χ1) is 9.56. The number of hydrogen-bond donors (Lipinski definition) is 2. The summed E-state index contributed by atoms with van der Waals surface area (Å²) in [4.78, 5) is 0.357. The van der Waals surface area contributed by atoms with Crippen molar-refractivity contribution in [2.45, 2.75) is 42.8 Å². The zero-order valence-corrected chi connectivity index (χ0v) is 12.7. The van der Waals surface area contributed by atoms with Crippen LogP contribution in [0.15, 0.2) is 29.2 Å². The molecule has 20 heavy (non-hydrogen) atoms. The number of rotatable bonds is 6. The van der Waals surface area contributed by atoms with Crippen molar-refractivity contribution in [2.24, 2.45) is 0 Å². The van der Waals surface area contributed by atoms with Crippen LogP contribution >= 0.6 is 0 Å². The van der Waals surface area contributed by atoms with Gasteiger partial charge in [-0.1, -0.05) is 18.2 Å². The van der Waals surface area contributed by atoms with Gasteiger partial charge in [-0.3, -0.25) is 0 Å². The molecule has 1 saturated carbocycles. The molecular formula is C14H22N2O3S. The molecule has 2 N–H and O–H groups in total. The Balaban J connectivity index is 2.14. The van der Waals surface area contributed by atoms with Crippen molar-refractivity contribution < 1.29 is 13.2 Å². The van der Waals surface area contributed by atoms with E-state index in [-0.39, 0.29) is 12.1 Å². The highest BCUT2D eigenvalue weighted by molar-refractivity contribution is 7.89. The molecule has 0 amide bonds. The average molecular weight is 298 g/mol. The molecule has 0 aromatic heterocycles. The molecule has 1 aromatic rings. The van der Waals surface area contributed by atoms with Crippen molar-refractivity contribution in [1.29, 1.82) is 0 Å². The molecule has 2 rings (SSSR count). The van der Waals surface area contributed by atoms with Crippen molar-refractivity contribution >= 4 is 10.0 Å². The van der Waals surface area contributed by atoms with Crippen molar-refractivity contribution in [3.63, 3.8) is 0 Å². The summed E-state index contributed by atoms with van der Waals surface area (Å²) in [5, 5.41) is 2.99. The predicted octanol–water partition coefficient (Wildman–Crippen LogP) is 1.25. The molecule has 0 aliphatic heterocycles. The number of methoxy groups -OCH3 is 1. The number of sulfonamides is 1. The van der Waals surface area contributed by atoms with Crippen molar-refractivity contribution in [3.05, 3.63) is 29.8 Å². The molecule has 2 unspecified atom stereocenters. The standard InChI is InChI=1S/C14H22N2O3S/c1-15-10-11-5-3-4-6-14(11)20(17,18)16-12-7-8-13(9-12)19-2/h3-6,12-13,15-16H,7-10H2,1-2H3. The number of nitrogens with one attached hydrogen (secondary N) is 2. The fourth-order valence-corrected chi connectivity index (χ4v) is 4.17. The zero-order chi connectivity index (χ0) is 14.6. The van der Waals surface area contributed by atoms with E-state index in [0.29, 0.717) is 11.4 Å². The second-order valence-corrected chi connectivity index (χ2v) is 6.81. The summed E-state index contributed by atoms with van der Waals surface area (Å²) in [6.45, 7) is 0.530. The molecule has 0 spiro atoms. The second-order valence-electron chi connectivity index (χ2n) is 5.13. The Morgan fingerprint density at radius 1 is 1.30 bits per heavy atom. The minimum Gasteiger partial charge on any atom is -0.381 e. The molecule has 0 bridgehead atoms. The van der Waals surface area contributed by atoms with Gasteiger partial charge in [-0.2, -0.15) is 0 Å². The van der Waals surface area contributed by atoms with Gasteiger partial charge < -0.3 is 10.1 Å². The molecule has 1 fully saturated rings. The summed E-state index contributed by atoms with van der Waals surface area (Å²) in [5.41, 5.74) is 0.781. The van der Waals surface area contributed by atoms with Gasteiger partial charge in [0.2, 0.25) is 10.0 Å². The normalized spacial score (nSPS) is 23.1. The largest absolute Gasteiger partial charge is 0.381 e. The highest BCUT2D eigenvalue weighted by Crippen LogP contribution is 2.24. The van der Waals surface area contributed by atoms with Gasteiger partial charge in [-0.15, -0.1) is 0 Å². The quantitative estimate of drug-likeness (QED) is 0.829. The first-order valence-corrected chi connectivity index (χ1v) is 8.32. The van der Waals surface area contributed by atoms with E-state index in [1.165, 1.54) is 0 Å². The van der Waals surface area contributed by atoms with Crippen LogP contribution in [0.4, 0.5) is 0 Å². The maximum atomic E-state index is 12.5. The van der Waals surface area contributed by atoms with Crippen LogP contribution in [0.25, 0.3) is 0 Å². The van der Waals surface area contributed by atoms with Crippen LogP contribution in [0.3, 0.4) is 0 Å². The molecule has 5 nitrogen and oxygen atoms in total. The third-order valence-electron chi connectivity index (χ3n) is 3.67. The Morgan fingerprint density at radius 2 is 2.05 bits per heavy atom. The molecule has 0 heterocycles. The van der Waals surface area contributed by atoms with E-state index in [9.17, 15) is 8.42 Å². The number of benzene rings is 1.